The van der Waals surface area contributed by atoms with E-state index in [0.717, 1.165) is 37.3 Å². The van der Waals surface area contributed by atoms with Gasteiger partial charge in [0.1, 0.15) is 5.84 Å². The van der Waals surface area contributed by atoms with Crippen LogP contribution in [-0.4, -0.2) is 36.3 Å². The summed E-state index contributed by atoms with van der Waals surface area (Å²) in [5, 5.41) is 11.3. The average Bonchev–Trinajstić information content (AvgIpc) is 2.73. The van der Waals surface area contributed by atoms with Crippen molar-refractivity contribution in [2.45, 2.75) is 32.1 Å². The minimum absolute atomic E-state index is 0. The standard InChI is InChI=1S/C16H21ClN2O2.Na/c17-14-7-5-13(6-8-14)16(18-10-9-15(20)21)19-11-3-1-2-4-12-19;/h5-8H,1-4,9-12H2,(H,20,21);/q;+1/p-1. The van der Waals surface area contributed by atoms with Crippen LogP contribution in [0.25, 0.3) is 0 Å². The van der Waals surface area contributed by atoms with Crippen molar-refractivity contribution in [3.05, 3.63) is 34.9 Å². The zero-order valence-corrected chi connectivity index (χ0v) is 15.8. The van der Waals surface area contributed by atoms with Crippen LogP contribution in [0, 0.1) is 0 Å². The normalized spacial score (nSPS) is 15.9. The number of amidine groups is 1. The Kier molecular flexibility index (Phi) is 9.10. The van der Waals surface area contributed by atoms with Gasteiger partial charge >= 0.3 is 29.6 Å². The summed E-state index contributed by atoms with van der Waals surface area (Å²) in [5.41, 5.74) is 0.986. The molecule has 0 atom stereocenters. The molecule has 1 fully saturated rings. The number of aliphatic carboxylic acids is 1. The Balaban J connectivity index is 0.00000242. The van der Waals surface area contributed by atoms with Gasteiger partial charge in [-0.1, -0.05) is 24.4 Å². The number of hydrogen-bond donors (Lipinski definition) is 0. The molecule has 6 heteroatoms. The second-order valence-electron chi connectivity index (χ2n) is 5.24. The van der Waals surface area contributed by atoms with Crippen molar-refractivity contribution in [2.24, 2.45) is 4.99 Å². The smallest absolute Gasteiger partial charge is 0.550 e. The van der Waals surface area contributed by atoms with Gasteiger partial charge in [0.15, 0.2) is 0 Å². The van der Waals surface area contributed by atoms with Crippen LogP contribution in [0.4, 0.5) is 0 Å². The Morgan fingerprint density at radius 3 is 2.27 bits per heavy atom. The molecule has 0 unspecified atom stereocenters. The Morgan fingerprint density at radius 2 is 1.73 bits per heavy atom. The predicted octanol–water partition coefficient (Wildman–Crippen LogP) is -0.893. The van der Waals surface area contributed by atoms with Crippen molar-refractivity contribution in [1.29, 1.82) is 0 Å². The van der Waals surface area contributed by atoms with Crippen LogP contribution in [0.2, 0.25) is 5.02 Å². The summed E-state index contributed by atoms with van der Waals surface area (Å²) < 4.78 is 0. The molecule has 1 saturated heterocycles. The number of halogens is 1. The quantitative estimate of drug-likeness (QED) is 0.409. The summed E-state index contributed by atoms with van der Waals surface area (Å²) in [7, 11) is 0. The predicted molar refractivity (Wildman–Crippen MR) is 82.5 cm³/mol. The molecule has 0 spiro atoms. The van der Waals surface area contributed by atoms with Crippen molar-refractivity contribution >= 4 is 23.4 Å². The second kappa shape index (κ2) is 10.3. The molecule has 1 aromatic rings. The fraction of sp³-hybridized carbons (Fsp3) is 0.500. The molecule has 0 radical (unpaired) electrons. The van der Waals surface area contributed by atoms with Crippen LogP contribution in [0.5, 0.6) is 0 Å². The molecule has 1 aliphatic heterocycles. The zero-order chi connectivity index (χ0) is 15.1. The summed E-state index contributed by atoms with van der Waals surface area (Å²) in [4.78, 5) is 17.3. The van der Waals surface area contributed by atoms with Gasteiger partial charge in [0, 0.05) is 42.6 Å². The molecule has 0 aromatic heterocycles. The van der Waals surface area contributed by atoms with E-state index in [1.165, 1.54) is 12.8 Å². The largest absolute Gasteiger partial charge is 1.00 e. The molecule has 0 N–H and O–H groups in total. The first-order valence-corrected chi connectivity index (χ1v) is 7.80. The van der Waals surface area contributed by atoms with Gasteiger partial charge in [0.05, 0.1) is 0 Å². The summed E-state index contributed by atoms with van der Waals surface area (Å²) in [6.07, 6.45) is 4.72. The van der Waals surface area contributed by atoms with Gasteiger partial charge in [0.2, 0.25) is 0 Å². The average molecular weight is 331 g/mol. The number of carboxylic acid groups (broad SMARTS) is 1. The van der Waals surface area contributed by atoms with Gasteiger partial charge < -0.3 is 14.8 Å². The third-order valence-electron chi connectivity index (χ3n) is 3.59. The van der Waals surface area contributed by atoms with Gasteiger partial charge in [-0.3, -0.25) is 4.99 Å². The third kappa shape index (κ3) is 6.29. The third-order valence-corrected chi connectivity index (χ3v) is 3.84. The molecule has 22 heavy (non-hydrogen) atoms. The topological polar surface area (TPSA) is 55.7 Å². The first-order valence-electron chi connectivity index (χ1n) is 7.42. The molecule has 4 nitrogen and oxygen atoms in total. The molecule has 0 saturated carbocycles. The number of aliphatic imine (C=N–C) groups is 1. The van der Waals surface area contributed by atoms with E-state index in [2.05, 4.69) is 9.89 Å². The van der Waals surface area contributed by atoms with E-state index >= 15 is 0 Å². The molecule has 2 rings (SSSR count). The maximum atomic E-state index is 10.6. The van der Waals surface area contributed by atoms with E-state index in [0.29, 0.717) is 5.02 Å². The van der Waals surface area contributed by atoms with Crippen molar-refractivity contribution in [1.82, 2.24) is 4.90 Å². The van der Waals surface area contributed by atoms with E-state index in [4.69, 9.17) is 11.6 Å². The van der Waals surface area contributed by atoms with Gasteiger partial charge in [0.25, 0.3) is 0 Å². The molecule has 1 aromatic carbocycles. The second-order valence-corrected chi connectivity index (χ2v) is 5.67. The van der Waals surface area contributed by atoms with E-state index in [1.54, 1.807) is 0 Å². The van der Waals surface area contributed by atoms with Crippen molar-refractivity contribution in [3.63, 3.8) is 0 Å². The first kappa shape index (κ1) is 19.5. The number of nitrogens with zero attached hydrogens (tertiary/aromatic N) is 2. The van der Waals surface area contributed by atoms with Crippen molar-refractivity contribution in [2.75, 3.05) is 19.6 Å². The minimum Gasteiger partial charge on any atom is -0.550 e. The molecule has 114 valence electrons. The Morgan fingerprint density at radius 1 is 1.14 bits per heavy atom. The van der Waals surface area contributed by atoms with Crippen LogP contribution in [0.15, 0.2) is 29.3 Å². The summed E-state index contributed by atoms with van der Waals surface area (Å²) in [5.74, 6) is -0.195. The molecule has 0 aliphatic carbocycles. The van der Waals surface area contributed by atoms with E-state index in [9.17, 15) is 9.90 Å². The van der Waals surface area contributed by atoms with Crippen LogP contribution < -0.4 is 34.7 Å². The van der Waals surface area contributed by atoms with Crippen LogP contribution in [0.3, 0.4) is 0 Å². The SMILES string of the molecule is O=C([O-])CCN=C(c1ccc(Cl)cc1)N1CCCCCC1.[Na+]. The van der Waals surface area contributed by atoms with E-state index < -0.39 is 5.97 Å². The zero-order valence-electron chi connectivity index (χ0n) is 13.1. The number of carboxylic acids is 1. The summed E-state index contributed by atoms with van der Waals surface area (Å²) in [6, 6.07) is 7.54. The van der Waals surface area contributed by atoms with Crippen LogP contribution >= 0.6 is 11.6 Å². The molecule has 0 bridgehead atoms. The van der Waals surface area contributed by atoms with E-state index in [-0.39, 0.29) is 42.5 Å². The number of benzene rings is 1. The molecule has 0 amide bonds. The fourth-order valence-electron chi connectivity index (χ4n) is 2.51. The monoisotopic (exact) mass is 330 g/mol. The Bertz CT molecular complexity index is 497. The number of carbonyl (C=O) groups excluding carboxylic acids is 1. The molecule has 1 aliphatic rings. The van der Waals surface area contributed by atoms with Crippen molar-refractivity contribution in [3.8, 4) is 0 Å². The van der Waals surface area contributed by atoms with Crippen molar-refractivity contribution < 1.29 is 39.5 Å². The minimum atomic E-state index is -1.06. The number of likely N-dealkylation sites (tertiary alicyclic amines) is 1. The molecular weight excluding hydrogens is 311 g/mol. The Hall–Kier alpha value is -0.550. The maximum absolute atomic E-state index is 10.6. The molecule has 1 heterocycles. The maximum Gasteiger partial charge on any atom is 1.00 e. The van der Waals surface area contributed by atoms with E-state index in [1.807, 2.05) is 24.3 Å². The first-order chi connectivity index (χ1) is 10.2. The summed E-state index contributed by atoms with van der Waals surface area (Å²) in [6.45, 7) is 2.18. The number of hydrogen-bond acceptors (Lipinski definition) is 3. The van der Waals surface area contributed by atoms with Gasteiger partial charge in [-0.25, -0.2) is 0 Å². The van der Waals surface area contributed by atoms with Crippen LogP contribution in [-0.2, 0) is 4.79 Å². The number of carbonyl (C=O) groups is 1. The van der Waals surface area contributed by atoms with Gasteiger partial charge in [-0.2, -0.15) is 0 Å². The summed E-state index contributed by atoms with van der Waals surface area (Å²) >= 11 is 5.93. The fourth-order valence-corrected chi connectivity index (χ4v) is 2.63. The van der Waals surface area contributed by atoms with Gasteiger partial charge in [-0.05, 0) is 37.1 Å². The Labute approximate surface area is 158 Å². The van der Waals surface area contributed by atoms with Crippen LogP contribution in [0.1, 0.15) is 37.7 Å². The molecular formula is C16H20ClN2NaO2. The number of rotatable bonds is 4. The van der Waals surface area contributed by atoms with Gasteiger partial charge in [-0.15, -0.1) is 0 Å².